The molecule has 2 aromatic carbocycles. The number of ether oxygens (including phenoxy) is 2. The molecule has 0 bridgehead atoms. The second-order valence-corrected chi connectivity index (χ2v) is 10.2. The fourth-order valence-electron chi connectivity index (χ4n) is 4.84. The molecule has 0 saturated carbocycles. The molecule has 4 aromatic rings. The summed E-state index contributed by atoms with van der Waals surface area (Å²) in [4.78, 5) is 48.9. The summed E-state index contributed by atoms with van der Waals surface area (Å²) in [7, 11) is 0. The van der Waals surface area contributed by atoms with Crippen LogP contribution in [0.25, 0.3) is 11.0 Å². The van der Waals surface area contributed by atoms with E-state index in [1.807, 2.05) is 32.0 Å². The van der Waals surface area contributed by atoms with Gasteiger partial charge in [-0.2, -0.15) is 0 Å². The molecule has 2 aliphatic heterocycles. The maximum Gasteiger partial charge on any atom is 0.272 e. The standard InChI is InChI=1S/C28H26N6O5/c1-28(2)9-17-7-15(3-5-20(17)39-28)10-30-26(36)18-12-29-24-23(18)32-14-33-25(24)27(37)31-11-16-4-6-21-19(8-16)34-22(35)13-38-21/h3-8,12,14,29H,9-11,13H2,1-2H3,(H,30,36)(H,31,37)(H,34,35). The largest absolute Gasteiger partial charge is 0.487 e. The smallest absolute Gasteiger partial charge is 0.272 e. The highest BCUT2D eigenvalue weighted by molar-refractivity contribution is 6.10. The average Bonchev–Trinajstić information content (AvgIpc) is 3.49. The van der Waals surface area contributed by atoms with E-state index in [9.17, 15) is 14.4 Å². The molecule has 6 rings (SSSR count). The van der Waals surface area contributed by atoms with Crippen molar-refractivity contribution in [3.05, 3.63) is 76.9 Å². The third-order valence-corrected chi connectivity index (χ3v) is 6.63. The van der Waals surface area contributed by atoms with Gasteiger partial charge in [0, 0.05) is 25.7 Å². The Morgan fingerprint density at radius 1 is 1.00 bits per heavy atom. The summed E-state index contributed by atoms with van der Waals surface area (Å²) in [5, 5.41) is 8.50. The zero-order chi connectivity index (χ0) is 27.1. The van der Waals surface area contributed by atoms with Crippen molar-refractivity contribution in [3.63, 3.8) is 0 Å². The lowest BCUT2D eigenvalue weighted by molar-refractivity contribution is -0.118. The molecular formula is C28H26N6O5. The summed E-state index contributed by atoms with van der Waals surface area (Å²) in [6.07, 6.45) is 3.60. The molecule has 0 saturated heterocycles. The highest BCUT2D eigenvalue weighted by atomic mass is 16.5. The Morgan fingerprint density at radius 2 is 1.74 bits per heavy atom. The van der Waals surface area contributed by atoms with Crippen molar-refractivity contribution < 1.29 is 23.9 Å². The topological polar surface area (TPSA) is 147 Å². The zero-order valence-electron chi connectivity index (χ0n) is 21.4. The van der Waals surface area contributed by atoms with Gasteiger partial charge >= 0.3 is 0 Å². The molecule has 0 spiro atoms. The Bertz CT molecular complexity index is 1640. The number of fused-ring (bicyclic) bond motifs is 3. The second-order valence-electron chi connectivity index (χ2n) is 10.2. The summed E-state index contributed by atoms with van der Waals surface area (Å²) in [6, 6.07) is 11.2. The predicted molar refractivity (Wildman–Crippen MR) is 142 cm³/mol. The lowest BCUT2D eigenvalue weighted by Gasteiger charge is -2.18. The SMILES string of the molecule is CC1(C)Cc2cc(CNC(=O)c3c[nH]c4c(C(=O)NCc5ccc6c(c5)NC(=O)CO6)ncnc34)ccc2O1. The van der Waals surface area contributed by atoms with Gasteiger partial charge in [-0.1, -0.05) is 18.2 Å². The van der Waals surface area contributed by atoms with Crippen LogP contribution in [0, 0.1) is 0 Å². The number of carbonyl (C=O) groups excluding carboxylic acids is 3. The number of aromatic nitrogens is 3. The third-order valence-electron chi connectivity index (χ3n) is 6.63. The Hall–Kier alpha value is -4.93. The number of nitrogens with zero attached hydrogens (tertiary/aromatic N) is 2. The van der Waals surface area contributed by atoms with Gasteiger partial charge in [0.1, 0.15) is 28.9 Å². The molecule has 4 heterocycles. The number of carbonyl (C=O) groups is 3. The number of benzene rings is 2. The highest BCUT2D eigenvalue weighted by Crippen LogP contribution is 2.35. The number of rotatable bonds is 6. The third kappa shape index (κ3) is 4.86. The molecular weight excluding hydrogens is 500 g/mol. The van der Waals surface area contributed by atoms with E-state index in [0.29, 0.717) is 34.6 Å². The summed E-state index contributed by atoms with van der Waals surface area (Å²) >= 11 is 0. The van der Waals surface area contributed by atoms with E-state index in [1.165, 1.54) is 12.5 Å². The number of H-pyrrole nitrogens is 1. The van der Waals surface area contributed by atoms with Gasteiger partial charge in [-0.05, 0) is 48.7 Å². The molecule has 4 N–H and O–H groups in total. The Kier molecular flexibility index (Phi) is 5.90. The minimum Gasteiger partial charge on any atom is -0.487 e. The van der Waals surface area contributed by atoms with Gasteiger partial charge in [0.2, 0.25) is 0 Å². The number of hydrogen-bond donors (Lipinski definition) is 4. The van der Waals surface area contributed by atoms with E-state index in [4.69, 9.17) is 9.47 Å². The van der Waals surface area contributed by atoms with Crippen LogP contribution in [0.3, 0.4) is 0 Å². The average molecular weight is 527 g/mol. The summed E-state index contributed by atoms with van der Waals surface area (Å²) in [6.45, 7) is 4.61. The van der Waals surface area contributed by atoms with E-state index in [2.05, 4.69) is 30.9 Å². The van der Waals surface area contributed by atoms with E-state index in [-0.39, 0.29) is 36.3 Å². The van der Waals surface area contributed by atoms with Gasteiger partial charge in [0.25, 0.3) is 17.7 Å². The van der Waals surface area contributed by atoms with Crippen molar-refractivity contribution in [1.82, 2.24) is 25.6 Å². The van der Waals surface area contributed by atoms with Crippen molar-refractivity contribution in [3.8, 4) is 11.5 Å². The molecule has 3 amide bonds. The zero-order valence-corrected chi connectivity index (χ0v) is 21.4. The number of nitrogens with one attached hydrogen (secondary N) is 4. The number of amides is 3. The lowest BCUT2D eigenvalue weighted by atomic mass is 10.0. The second kappa shape index (κ2) is 9.43. The molecule has 0 unspecified atom stereocenters. The van der Waals surface area contributed by atoms with E-state index in [0.717, 1.165) is 28.9 Å². The van der Waals surface area contributed by atoms with Gasteiger partial charge in [-0.15, -0.1) is 0 Å². The van der Waals surface area contributed by atoms with Crippen LogP contribution >= 0.6 is 0 Å². The molecule has 0 atom stereocenters. The molecule has 0 radical (unpaired) electrons. The van der Waals surface area contributed by atoms with Gasteiger partial charge < -0.3 is 30.4 Å². The summed E-state index contributed by atoms with van der Waals surface area (Å²) in [5.74, 6) is 0.471. The van der Waals surface area contributed by atoms with Crippen molar-refractivity contribution in [2.45, 2.75) is 39.0 Å². The fourth-order valence-corrected chi connectivity index (χ4v) is 4.84. The van der Waals surface area contributed by atoms with Crippen LogP contribution < -0.4 is 25.4 Å². The van der Waals surface area contributed by atoms with Gasteiger partial charge in [-0.3, -0.25) is 14.4 Å². The van der Waals surface area contributed by atoms with Crippen LogP contribution in [0.1, 0.15) is 51.4 Å². The van der Waals surface area contributed by atoms with Crippen LogP contribution in [0.2, 0.25) is 0 Å². The first kappa shape index (κ1) is 24.4. The maximum absolute atomic E-state index is 13.0. The minimum absolute atomic E-state index is 0.0229. The van der Waals surface area contributed by atoms with Gasteiger partial charge in [0.15, 0.2) is 12.3 Å². The van der Waals surface area contributed by atoms with Crippen LogP contribution in [-0.2, 0) is 24.3 Å². The van der Waals surface area contributed by atoms with Crippen LogP contribution in [0.5, 0.6) is 11.5 Å². The predicted octanol–water partition coefficient (Wildman–Crippen LogP) is 2.86. The molecule has 0 fully saturated rings. The maximum atomic E-state index is 13.0. The lowest BCUT2D eigenvalue weighted by Crippen LogP contribution is -2.26. The van der Waals surface area contributed by atoms with Crippen molar-refractivity contribution in [1.29, 1.82) is 0 Å². The quantitative estimate of drug-likeness (QED) is 0.302. The number of anilines is 1. The first-order valence-corrected chi connectivity index (χ1v) is 12.5. The van der Waals surface area contributed by atoms with Gasteiger partial charge in [-0.25, -0.2) is 9.97 Å². The number of aromatic amines is 1. The highest BCUT2D eigenvalue weighted by Gasteiger charge is 2.30. The fraction of sp³-hybridized carbons (Fsp3) is 0.250. The molecule has 11 heteroatoms. The van der Waals surface area contributed by atoms with Crippen molar-refractivity contribution in [2.24, 2.45) is 0 Å². The van der Waals surface area contributed by atoms with Crippen LogP contribution in [0.4, 0.5) is 5.69 Å². The summed E-state index contributed by atoms with van der Waals surface area (Å²) in [5.41, 5.74) is 4.33. The van der Waals surface area contributed by atoms with Crippen molar-refractivity contribution >= 4 is 34.4 Å². The molecule has 2 aliphatic rings. The monoisotopic (exact) mass is 526 g/mol. The van der Waals surface area contributed by atoms with E-state index in [1.54, 1.807) is 18.2 Å². The molecule has 11 nitrogen and oxygen atoms in total. The minimum atomic E-state index is -0.433. The molecule has 0 aliphatic carbocycles. The van der Waals surface area contributed by atoms with E-state index < -0.39 is 5.91 Å². The van der Waals surface area contributed by atoms with Crippen LogP contribution in [0.15, 0.2) is 48.9 Å². The van der Waals surface area contributed by atoms with Crippen LogP contribution in [-0.4, -0.2) is 44.9 Å². The molecule has 198 valence electrons. The van der Waals surface area contributed by atoms with E-state index >= 15 is 0 Å². The Balaban J connectivity index is 1.13. The molecule has 2 aromatic heterocycles. The Labute approximate surface area is 223 Å². The Morgan fingerprint density at radius 3 is 2.56 bits per heavy atom. The van der Waals surface area contributed by atoms with Gasteiger partial charge in [0.05, 0.1) is 16.8 Å². The first-order valence-electron chi connectivity index (χ1n) is 12.5. The first-order chi connectivity index (χ1) is 18.8. The number of hydrogen-bond acceptors (Lipinski definition) is 7. The van der Waals surface area contributed by atoms with Crippen molar-refractivity contribution in [2.75, 3.05) is 11.9 Å². The summed E-state index contributed by atoms with van der Waals surface area (Å²) < 4.78 is 11.3. The molecule has 39 heavy (non-hydrogen) atoms. The normalized spacial score (nSPS) is 15.0.